The molecule has 3 nitrogen and oxygen atoms in total. The van der Waals surface area contributed by atoms with E-state index in [1.807, 2.05) is 30.3 Å². The molecular formula is C13H10BrClO3. The van der Waals surface area contributed by atoms with E-state index in [4.69, 9.17) is 21.4 Å². The number of rotatable bonds is 4. The monoisotopic (exact) mass is 328 g/mol. The van der Waals surface area contributed by atoms with E-state index >= 15 is 0 Å². The van der Waals surface area contributed by atoms with Crippen LogP contribution in [0, 0.1) is 0 Å². The van der Waals surface area contributed by atoms with Crippen LogP contribution >= 0.6 is 27.5 Å². The number of hydrogen-bond donors (Lipinski definition) is 1. The first-order chi connectivity index (χ1) is 8.59. The van der Waals surface area contributed by atoms with Gasteiger partial charge in [-0.05, 0) is 32.8 Å². The topological polar surface area (TPSA) is 46.5 Å². The number of fused-ring (bicyclic) bond motifs is 1. The van der Waals surface area contributed by atoms with Crippen LogP contribution in [0.5, 0.6) is 5.75 Å². The summed E-state index contributed by atoms with van der Waals surface area (Å²) in [5.74, 6) is -0.505. The smallest absolute Gasteiger partial charge is 0.325 e. The Morgan fingerprint density at radius 2 is 2.06 bits per heavy atom. The van der Waals surface area contributed by atoms with Crippen molar-refractivity contribution in [2.45, 2.75) is 5.38 Å². The Balaban J connectivity index is 2.24. The maximum Gasteiger partial charge on any atom is 0.325 e. The molecule has 0 spiro atoms. The van der Waals surface area contributed by atoms with Crippen LogP contribution < -0.4 is 4.74 Å². The zero-order valence-electron chi connectivity index (χ0n) is 9.27. The van der Waals surface area contributed by atoms with Crippen LogP contribution in [0.25, 0.3) is 10.8 Å². The molecule has 0 aliphatic carbocycles. The van der Waals surface area contributed by atoms with Crippen molar-refractivity contribution in [1.29, 1.82) is 0 Å². The van der Waals surface area contributed by atoms with Gasteiger partial charge in [0.15, 0.2) is 5.38 Å². The molecule has 1 atom stereocenters. The molecule has 0 aliphatic heterocycles. The highest BCUT2D eigenvalue weighted by Crippen LogP contribution is 2.33. The van der Waals surface area contributed by atoms with Crippen LogP contribution in [0.3, 0.4) is 0 Å². The maximum absolute atomic E-state index is 10.6. The van der Waals surface area contributed by atoms with Crippen molar-refractivity contribution in [2.24, 2.45) is 0 Å². The first-order valence-corrected chi connectivity index (χ1v) is 6.49. The van der Waals surface area contributed by atoms with E-state index in [1.165, 1.54) is 0 Å². The summed E-state index contributed by atoms with van der Waals surface area (Å²) in [4.78, 5) is 10.6. The quantitative estimate of drug-likeness (QED) is 0.871. The van der Waals surface area contributed by atoms with Gasteiger partial charge in [-0.1, -0.05) is 30.3 Å². The summed E-state index contributed by atoms with van der Waals surface area (Å²) in [5, 5.41) is 9.72. The predicted molar refractivity (Wildman–Crippen MR) is 74.4 cm³/mol. The molecule has 0 aromatic heterocycles. The highest BCUT2D eigenvalue weighted by Gasteiger charge is 2.15. The molecule has 94 valence electrons. The summed E-state index contributed by atoms with van der Waals surface area (Å²) in [6, 6.07) is 11.5. The molecule has 0 saturated heterocycles. The van der Waals surface area contributed by atoms with Crippen molar-refractivity contribution in [2.75, 3.05) is 6.61 Å². The van der Waals surface area contributed by atoms with Crippen molar-refractivity contribution in [3.63, 3.8) is 0 Å². The van der Waals surface area contributed by atoms with Crippen molar-refractivity contribution in [3.8, 4) is 5.75 Å². The second-order valence-corrected chi connectivity index (χ2v) is 5.04. The fourth-order valence-corrected chi connectivity index (χ4v) is 2.23. The molecular weight excluding hydrogens is 319 g/mol. The number of aliphatic carboxylic acids is 1. The van der Waals surface area contributed by atoms with Crippen LogP contribution in [-0.2, 0) is 4.79 Å². The Morgan fingerprint density at radius 1 is 1.33 bits per heavy atom. The Bertz CT molecular complexity index is 585. The molecule has 0 radical (unpaired) electrons. The number of hydrogen-bond acceptors (Lipinski definition) is 2. The van der Waals surface area contributed by atoms with Crippen LogP contribution in [0.4, 0.5) is 0 Å². The molecule has 2 aromatic rings. The molecule has 0 bridgehead atoms. The van der Waals surface area contributed by atoms with Gasteiger partial charge in [0.2, 0.25) is 0 Å². The second kappa shape index (κ2) is 5.59. The molecule has 0 saturated carbocycles. The minimum absolute atomic E-state index is 0.0756. The Hall–Kier alpha value is -1.26. The van der Waals surface area contributed by atoms with Crippen LogP contribution in [0.1, 0.15) is 0 Å². The number of ether oxygens (including phenoxy) is 1. The minimum Gasteiger partial charge on any atom is -0.490 e. The number of carboxylic acid groups (broad SMARTS) is 1. The lowest BCUT2D eigenvalue weighted by molar-refractivity contribution is -0.137. The maximum atomic E-state index is 10.6. The molecule has 0 aliphatic rings. The first-order valence-electron chi connectivity index (χ1n) is 5.26. The number of alkyl halides is 1. The van der Waals surface area contributed by atoms with E-state index in [2.05, 4.69) is 15.9 Å². The molecule has 5 heteroatoms. The van der Waals surface area contributed by atoms with Gasteiger partial charge < -0.3 is 9.84 Å². The van der Waals surface area contributed by atoms with Gasteiger partial charge in [0, 0.05) is 0 Å². The van der Waals surface area contributed by atoms with Crippen LogP contribution in [-0.4, -0.2) is 23.1 Å². The number of carboxylic acids is 1. The van der Waals surface area contributed by atoms with Crippen LogP contribution in [0.2, 0.25) is 0 Å². The normalized spacial score (nSPS) is 12.3. The summed E-state index contributed by atoms with van der Waals surface area (Å²) in [5.41, 5.74) is 0. The van der Waals surface area contributed by atoms with Gasteiger partial charge in [0.05, 0.1) is 4.47 Å². The summed E-state index contributed by atoms with van der Waals surface area (Å²) in [6.45, 7) is -0.0756. The van der Waals surface area contributed by atoms with Gasteiger partial charge in [-0.15, -0.1) is 11.6 Å². The van der Waals surface area contributed by atoms with Gasteiger partial charge in [-0.2, -0.15) is 0 Å². The molecule has 0 amide bonds. The molecule has 2 aromatic carbocycles. The van der Waals surface area contributed by atoms with Crippen molar-refractivity contribution < 1.29 is 14.6 Å². The zero-order valence-corrected chi connectivity index (χ0v) is 11.6. The lowest BCUT2D eigenvalue weighted by Gasteiger charge is -2.11. The molecule has 0 heterocycles. The first kappa shape index (κ1) is 13.2. The summed E-state index contributed by atoms with van der Waals surface area (Å²) in [6.07, 6.45) is 0. The average Bonchev–Trinajstić information content (AvgIpc) is 2.38. The van der Waals surface area contributed by atoms with E-state index < -0.39 is 11.3 Å². The molecule has 18 heavy (non-hydrogen) atoms. The molecule has 1 unspecified atom stereocenters. The summed E-state index contributed by atoms with van der Waals surface area (Å²) >= 11 is 9.05. The highest BCUT2D eigenvalue weighted by molar-refractivity contribution is 9.10. The van der Waals surface area contributed by atoms with E-state index in [1.54, 1.807) is 6.07 Å². The summed E-state index contributed by atoms with van der Waals surface area (Å²) < 4.78 is 6.21. The number of halogens is 2. The molecule has 2 rings (SSSR count). The lowest BCUT2D eigenvalue weighted by atomic mass is 10.1. The van der Waals surface area contributed by atoms with Gasteiger partial charge in [0.25, 0.3) is 0 Å². The second-order valence-electron chi connectivity index (χ2n) is 3.72. The van der Waals surface area contributed by atoms with E-state index in [0.717, 1.165) is 15.2 Å². The van der Waals surface area contributed by atoms with Gasteiger partial charge >= 0.3 is 5.97 Å². The van der Waals surface area contributed by atoms with Crippen molar-refractivity contribution in [1.82, 2.24) is 0 Å². The fraction of sp³-hybridized carbons (Fsp3) is 0.154. The van der Waals surface area contributed by atoms with Crippen molar-refractivity contribution >= 4 is 44.3 Å². The number of benzene rings is 2. The third-order valence-electron chi connectivity index (χ3n) is 2.48. The predicted octanol–water partition coefficient (Wildman–Crippen LogP) is 3.67. The van der Waals surface area contributed by atoms with E-state index in [-0.39, 0.29) is 6.61 Å². The van der Waals surface area contributed by atoms with E-state index in [0.29, 0.717) is 5.75 Å². The fourth-order valence-electron chi connectivity index (χ4n) is 1.56. The zero-order chi connectivity index (χ0) is 13.1. The Kier molecular flexibility index (Phi) is 4.09. The van der Waals surface area contributed by atoms with E-state index in [9.17, 15) is 4.79 Å². The van der Waals surface area contributed by atoms with Crippen molar-refractivity contribution in [3.05, 3.63) is 40.9 Å². The largest absolute Gasteiger partial charge is 0.490 e. The highest BCUT2D eigenvalue weighted by atomic mass is 79.9. The standard InChI is InChI=1S/C13H10BrClO3/c14-12-9-4-2-1-3-8(9)5-6-11(12)18-7-10(15)13(16)17/h1-6,10H,7H2,(H,16,17). The molecule has 0 fully saturated rings. The average molecular weight is 330 g/mol. The minimum atomic E-state index is -1.09. The third-order valence-corrected chi connectivity index (χ3v) is 3.61. The van der Waals surface area contributed by atoms with Gasteiger partial charge in [0.1, 0.15) is 12.4 Å². The van der Waals surface area contributed by atoms with Gasteiger partial charge in [-0.3, -0.25) is 4.79 Å². The number of carbonyl (C=O) groups is 1. The van der Waals surface area contributed by atoms with Crippen LogP contribution in [0.15, 0.2) is 40.9 Å². The SMILES string of the molecule is O=C(O)C(Cl)COc1ccc2ccccc2c1Br. The summed E-state index contributed by atoms with van der Waals surface area (Å²) in [7, 11) is 0. The third kappa shape index (κ3) is 2.76. The lowest BCUT2D eigenvalue weighted by Crippen LogP contribution is -2.21. The molecule has 1 N–H and O–H groups in total. The van der Waals surface area contributed by atoms with Gasteiger partial charge in [-0.25, -0.2) is 0 Å². The Morgan fingerprint density at radius 3 is 2.78 bits per heavy atom. The Labute approximate surface area is 117 Å².